The van der Waals surface area contributed by atoms with Crippen LogP contribution >= 0.6 is 0 Å². The molecule has 1 unspecified atom stereocenters. The molecule has 2 aromatic rings. The molecule has 0 heterocycles. The Hall–Kier alpha value is -2.38. The molecule has 0 saturated heterocycles. The van der Waals surface area contributed by atoms with E-state index in [2.05, 4.69) is 19.2 Å². The number of sulfonamides is 1. The summed E-state index contributed by atoms with van der Waals surface area (Å²) in [6.07, 6.45) is 0.972. The highest BCUT2D eigenvalue weighted by Gasteiger charge is 2.18. The Morgan fingerprint density at radius 3 is 2.52 bits per heavy atom. The van der Waals surface area contributed by atoms with Gasteiger partial charge in [-0.25, -0.2) is 12.7 Å². The van der Waals surface area contributed by atoms with E-state index in [0.717, 1.165) is 16.3 Å². The van der Waals surface area contributed by atoms with Crippen LogP contribution in [0.3, 0.4) is 0 Å². The van der Waals surface area contributed by atoms with Crippen molar-refractivity contribution in [3.63, 3.8) is 0 Å². The third-order valence-electron chi connectivity index (χ3n) is 4.32. The van der Waals surface area contributed by atoms with Crippen LogP contribution in [0.15, 0.2) is 53.4 Å². The molecule has 0 fully saturated rings. The number of para-hydroxylation sites is 1. The molecule has 7 heteroatoms. The number of carbonyl (C=O) groups excluding carboxylic acids is 1. The van der Waals surface area contributed by atoms with Gasteiger partial charge in [-0.1, -0.05) is 38.1 Å². The van der Waals surface area contributed by atoms with Gasteiger partial charge in [-0.2, -0.15) is 0 Å². The molecule has 2 aromatic carbocycles. The Morgan fingerprint density at radius 1 is 1.15 bits per heavy atom. The van der Waals surface area contributed by atoms with Gasteiger partial charge < -0.3 is 10.1 Å². The van der Waals surface area contributed by atoms with Crippen LogP contribution in [0.2, 0.25) is 0 Å². The van der Waals surface area contributed by atoms with Crippen molar-refractivity contribution in [1.82, 2.24) is 4.31 Å². The zero-order valence-corrected chi connectivity index (χ0v) is 16.9. The highest BCUT2D eigenvalue weighted by atomic mass is 32.2. The van der Waals surface area contributed by atoms with Gasteiger partial charge in [0.15, 0.2) is 6.61 Å². The second-order valence-electron chi connectivity index (χ2n) is 6.50. The normalized spacial score (nSPS) is 12.6. The topological polar surface area (TPSA) is 75.7 Å². The summed E-state index contributed by atoms with van der Waals surface area (Å²) < 4.78 is 31.2. The minimum absolute atomic E-state index is 0.119. The molecule has 1 amide bonds. The minimum Gasteiger partial charge on any atom is -0.483 e. The summed E-state index contributed by atoms with van der Waals surface area (Å²) in [6, 6.07) is 13.8. The maximum absolute atomic E-state index is 12.2. The molecule has 0 aliphatic heterocycles. The highest BCUT2D eigenvalue weighted by molar-refractivity contribution is 7.89. The van der Waals surface area contributed by atoms with Crippen LogP contribution in [0, 0.1) is 0 Å². The van der Waals surface area contributed by atoms with Crippen LogP contribution in [0.5, 0.6) is 5.75 Å². The third-order valence-corrected chi connectivity index (χ3v) is 6.13. The summed E-state index contributed by atoms with van der Waals surface area (Å²) in [7, 11) is -0.635. The average molecular weight is 391 g/mol. The Balaban J connectivity index is 2.06. The molecule has 0 bridgehead atoms. The van der Waals surface area contributed by atoms with Crippen LogP contribution in [0.1, 0.15) is 31.7 Å². The Bertz CT molecular complexity index is 894. The molecule has 0 aromatic heterocycles. The van der Waals surface area contributed by atoms with E-state index in [9.17, 15) is 13.2 Å². The maximum Gasteiger partial charge on any atom is 0.262 e. The van der Waals surface area contributed by atoms with Gasteiger partial charge in [0.05, 0.1) is 4.90 Å². The molecule has 0 aliphatic rings. The van der Waals surface area contributed by atoms with Crippen LogP contribution in [-0.4, -0.2) is 39.3 Å². The van der Waals surface area contributed by atoms with Crippen molar-refractivity contribution in [2.24, 2.45) is 0 Å². The number of rotatable bonds is 8. The second kappa shape index (κ2) is 9.01. The SMILES string of the molecule is CCC(C)c1ccccc1OCC(=O)Nc1cccc(S(=O)(=O)N(C)C)c1. The van der Waals surface area contributed by atoms with Gasteiger partial charge >= 0.3 is 0 Å². The van der Waals surface area contributed by atoms with Crippen molar-refractivity contribution in [3.05, 3.63) is 54.1 Å². The van der Waals surface area contributed by atoms with E-state index in [1.807, 2.05) is 24.3 Å². The third kappa shape index (κ3) is 5.30. The van der Waals surface area contributed by atoms with Crippen molar-refractivity contribution in [2.75, 3.05) is 26.0 Å². The summed E-state index contributed by atoms with van der Waals surface area (Å²) in [5.74, 6) is 0.663. The van der Waals surface area contributed by atoms with Crippen LogP contribution in [0.4, 0.5) is 5.69 Å². The number of nitrogens with zero attached hydrogens (tertiary/aromatic N) is 1. The standard InChI is InChI=1S/C20H26N2O4S/c1-5-15(2)18-11-6-7-12-19(18)26-14-20(23)21-16-9-8-10-17(13-16)27(24,25)22(3)4/h6-13,15H,5,14H2,1-4H3,(H,21,23). The summed E-state index contributed by atoms with van der Waals surface area (Å²) in [4.78, 5) is 12.4. The van der Waals surface area contributed by atoms with E-state index in [1.165, 1.54) is 26.2 Å². The van der Waals surface area contributed by atoms with Gasteiger partial charge in [0.25, 0.3) is 5.91 Å². The monoisotopic (exact) mass is 390 g/mol. The fraction of sp³-hybridized carbons (Fsp3) is 0.350. The largest absolute Gasteiger partial charge is 0.483 e. The molecule has 1 N–H and O–H groups in total. The number of carbonyl (C=O) groups is 1. The Kier molecular flexibility index (Phi) is 6.98. The average Bonchev–Trinajstić information content (AvgIpc) is 2.66. The van der Waals surface area contributed by atoms with Crippen LogP contribution in [-0.2, 0) is 14.8 Å². The molecule has 0 saturated carbocycles. The maximum atomic E-state index is 12.2. The van der Waals surface area contributed by atoms with Crippen molar-refractivity contribution < 1.29 is 17.9 Å². The summed E-state index contributed by atoms with van der Waals surface area (Å²) in [5.41, 5.74) is 1.47. The van der Waals surface area contributed by atoms with E-state index in [4.69, 9.17) is 4.74 Å². The van der Waals surface area contributed by atoms with Gasteiger partial charge in [-0.3, -0.25) is 4.79 Å². The van der Waals surface area contributed by atoms with Gasteiger partial charge in [0, 0.05) is 19.8 Å². The lowest BCUT2D eigenvalue weighted by Gasteiger charge is -2.16. The fourth-order valence-corrected chi connectivity index (χ4v) is 3.47. The lowest BCUT2D eigenvalue weighted by atomic mass is 9.98. The van der Waals surface area contributed by atoms with Gasteiger partial charge in [0.2, 0.25) is 10.0 Å². The van der Waals surface area contributed by atoms with E-state index in [0.29, 0.717) is 17.4 Å². The predicted octanol–water partition coefficient (Wildman–Crippen LogP) is 3.47. The number of nitrogens with one attached hydrogen (secondary N) is 1. The number of amides is 1. The van der Waals surface area contributed by atoms with E-state index in [1.54, 1.807) is 12.1 Å². The highest BCUT2D eigenvalue weighted by Crippen LogP contribution is 2.28. The zero-order valence-electron chi connectivity index (χ0n) is 16.1. The van der Waals surface area contributed by atoms with Gasteiger partial charge in [-0.15, -0.1) is 0 Å². The summed E-state index contributed by atoms with van der Waals surface area (Å²) >= 11 is 0. The number of hydrogen-bond donors (Lipinski definition) is 1. The van der Waals surface area contributed by atoms with Crippen molar-refractivity contribution in [3.8, 4) is 5.75 Å². The minimum atomic E-state index is -3.56. The molecule has 0 radical (unpaired) electrons. The fourth-order valence-electron chi connectivity index (χ4n) is 2.52. The smallest absolute Gasteiger partial charge is 0.262 e. The molecular formula is C20H26N2O4S. The number of benzene rings is 2. The Morgan fingerprint density at radius 2 is 1.85 bits per heavy atom. The summed E-state index contributed by atoms with van der Waals surface area (Å²) in [6.45, 7) is 4.06. The second-order valence-corrected chi connectivity index (χ2v) is 8.65. The van der Waals surface area contributed by atoms with E-state index in [-0.39, 0.29) is 17.4 Å². The van der Waals surface area contributed by atoms with E-state index >= 15 is 0 Å². The van der Waals surface area contributed by atoms with E-state index < -0.39 is 10.0 Å². The lowest BCUT2D eigenvalue weighted by Crippen LogP contribution is -2.23. The summed E-state index contributed by atoms with van der Waals surface area (Å²) in [5, 5.41) is 2.68. The first-order valence-corrected chi connectivity index (χ1v) is 10.2. The van der Waals surface area contributed by atoms with Crippen LogP contribution < -0.4 is 10.1 Å². The molecule has 0 spiro atoms. The quantitative estimate of drug-likeness (QED) is 0.749. The van der Waals surface area contributed by atoms with Crippen molar-refractivity contribution in [2.45, 2.75) is 31.1 Å². The molecule has 6 nitrogen and oxygen atoms in total. The Labute approximate surface area is 161 Å². The first-order chi connectivity index (χ1) is 12.8. The molecule has 2 rings (SSSR count). The van der Waals surface area contributed by atoms with Crippen LogP contribution in [0.25, 0.3) is 0 Å². The molecule has 1 atom stereocenters. The first kappa shape index (κ1) is 20.9. The lowest BCUT2D eigenvalue weighted by molar-refractivity contribution is -0.118. The van der Waals surface area contributed by atoms with Crippen molar-refractivity contribution >= 4 is 21.6 Å². The van der Waals surface area contributed by atoms with Gasteiger partial charge in [0.1, 0.15) is 5.75 Å². The number of anilines is 1. The molecular weight excluding hydrogens is 364 g/mol. The van der Waals surface area contributed by atoms with Crippen molar-refractivity contribution in [1.29, 1.82) is 0 Å². The first-order valence-electron chi connectivity index (χ1n) is 8.80. The molecule has 146 valence electrons. The molecule has 27 heavy (non-hydrogen) atoms. The predicted molar refractivity (Wildman–Crippen MR) is 107 cm³/mol. The van der Waals surface area contributed by atoms with Gasteiger partial charge in [-0.05, 0) is 42.2 Å². The zero-order chi connectivity index (χ0) is 20.0. The number of ether oxygens (including phenoxy) is 1. The molecule has 0 aliphatic carbocycles. The number of hydrogen-bond acceptors (Lipinski definition) is 4.